The van der Waals surface area contributed by atoms with Gasteiger partial charge in [0.25, 0.3) is 5.91 Å². The Kier molecular flexibility index (Phi) is 11.1. The molecule has 258 valence electrons. The molecule has 9 nitrogen and oxygen atoms in total. The van der Waals surface area contributed by atoms with Crippen LogP contribution in [0.4, 0.5) is 4.39 Å². The molecule has 2 bridgehead atoms. The van der Waals surface area contributed by atoms with E-state index in [0.29, 0.717) is 41.9 Å². The molecule has 0 aromatic heterocycles. The number of rotatable bonds is 14. The zero-order chi connectivity index (χ0) is 34.5. The van der Waals surface area contributed by atoms with E-state index in [1.807, 2.05) is 35.2 Å². The lowest BCUT2D eigenvalue weighted by Crippen LogP contribution is -2.62. The van der Waals surface area contributed by atoms with Gasteiger partial charge < -0.3 is 30.1 Å². The van der Waals surface area contributed by atoms with Gasteiger partial charge >= 0.3 is 5.97 Å². The Morgan fingerprint density at radius 2 is 1.76 bits per heavy atom. The van der Waals surface area contributed by atoms with Gasteiger partial charge in [0.1, 0.15) is 11.6 Å². The molecule has 3 aliphatic rings. The SMILES string of the molecule is O=C(O)C[C@@H](O)CC(=O)N1C[C@H]2CC(c3ccc(CCCOc4cc(F)ccc4Br)cc3)=C(C(=O)N(Cc3ccccc3)C3CC3)[C@@H](C1)N2. The number of ether oxygens (including phenoxy) is 1. The lowest BCUT2D eigenvalue weighted by Gasteiger charge is -2.45. The van der Waals surface area contributed by atoms with Crippen LogP contribution >= 0.6 is 15.9 Å². The average Bonchev–Trinajstić information content (AvgIpc) is 3.92. The van der Waals surface area contributed by atoms with E-state index in [-0.39, 0.29) is 42.7 Å². The fraction of sp³-hybridized carbons (Fsp3) is 0.395. The van der Waals surface area contributed by atoms with Crippen LogP contribution in [-0.2, 0) is 27.3 Å². The number of carbonyl (C=O) groups excluding carboxylic acids is 2. The van der Waals surface area contributed by atoms with Crippen LogP contribution in [0.25, 0.3) is 5.57 Å². The molecule has 1 aliphatic carbocycles. The zero-order valence-electron chi connectivity index (χ0n) is 27.2. The van der Waals surface area contributed by atoms with Crippen LogP contribution in [0.5, 0.6) is 5.75 Å². The molecule has 3 aromatic carbocycles. The van der Waals surface area contributed by atoms with E-state index in [4.69, 9.17) is 9.84 Å². The van der Waals surface area contributed by atoms with Gasteiger partial charge in [0.05, 0.1) is 36.1 Å². The maximum Gasteiger partial charge on any atom is 0.305 e. The second-order valence-electron chi connectivity index (χ2n) is 13.1. The summed E-state index contributed by atoms with van der Waals surface area (Å²) in [6.07, 6.45) is 1.90. The number of aliphatic hydroxyl groups excluding tert-OH is 1. The van der Waals surface area contributed by atoms with Gasteiger partial charge in [-0.25, -0.2) is 4.39 Å². The third-order valence-corrected chi connectivity index (χ3v) is 9.97. The highest BCUT2D eigenvalue weighted by atomic mass is 79.9. The summed E-state index contributed by atoms with van der Waals surface area (Å²) in [6, 6.07) is 22.2. The maximum absolute atomic E-state index is 14.6. The summed E-state index contributed by atoms with van der Waals surface area (Å²) >= 11 is 3.39. The predicted molar refractivity (Wildman–Crippen MR) is 186 cm³/mol. The van der Waals surface area contributed by atoms with E-state index in [1.165, 1.54) is 12.1 Å². The number of aryl methyl sites for hydroxylation is 1. The summed E-state index contributed by atoms with van der Waals surface area (Å²) < 4.78 is 20.1. The van der Waals surface area contributed by atoms with Gasteiger partial charge in [-0.2, -0.15) is 0 Å². The van der Waals surface area contributed by atoms with Crippen molar-refractivity contribution in [2.24, 2.45) is 0 Å². The number of hydrogen-bond acceptors (Lipinski definition) is 6. The summed E-state index contributed by atoms with van der Waals surface area (Å²) in [5.74, 6) is -1.39. The van der Waals surface area contributed by atoms with Gasteiger partial charge in [0.2, 0.25) is 5.91 Å². The van der Waals surface area contributed by atoms with Crippen molar-refractivity contribution in [1.82, 2.24) is 15.1 Å². The first-order valence-corrected chi connectivity index (χ1v) is 17.6. The Labute approximate surface area is 293 Å². The molecule has 2 aliphatic heterocycles. The Balaban J connectivity index is 1.22. The van der Waals surface area contributed by atoms with Crippen LogP contribution in [0.15, 0.2) is 82.8 Å². The van der Waals surface area contributed by atoms with Crippen molar-refractivity contribution in [3.8, 4) is 5.75 Å². The number of aliphatic hydroxyl groups is 1. The number of amides is 2. The second kappa shape index (κ2) is 15.7. The van der Waals surface area contributed by atoms with Crippen LogP contribution in [-0.4, -0.2) is 81.7 Å². The van der Waals surface area contributed by atoms with E-state index in [9.17, 15) is 23.9 Å². The summed E-state index contributed by atoms with van der Waals surface area (Å²) in [5.41, 5.74) is 4.77. The van der Waals surface area contributed by atoms with Crippen molar-refractivity contribution in [3.63, 3.8) is 0 Å². The van der Waals surface area contributed by atoms with Crippen LogP contribution in [0, 0.1) is 5.82 Å². The fourth-order valence-electron chi connectivity index (χ4n) is 6.78. The van der Waals surface area contributed by atoms with Crippen molar-refractivity contribution in [1.29, 1.82) is 0 Å². The Bertz CT molecular complexity index is 1700. The largest absolute Gasteiger partial charge is 0.492 e. The number of aliphatic carboxylic acids is 1. The standard InChI is InChI=1S/C38H41BrFN3O6/c39-32-15-12-27(40)17-34(32)49-16-4-7-24-8-10-26(11-9-24)31-18-28-22-42(35(45)19-30(44)20-36(46)47)23-33(41-28)37(31)38(48)43(29-13-14-29)21-25-5-2-1-3-6-25/h1-3,5-6,8-12,15,17,28-30,33,41,44H,4,7,13-14,16,18-23H2,(H,46,47)/t28-,30+,33-/m1/s1. The van der Waals surface area contributed by atoms with Crippen molar-refractivity contribution >= 4 is 39.3 Å². The quantitative estimate of drug-likeness (QED) is 0.192. The van der Waals surface area contributed by atoms with E-state index in [0.717, 1.165) is 47.9 Å². The van der Waals surface area contributed by atoms with E-state index in [1.54, 1.807) is 11.0 Å². The Hall–Kier alpha value is -4.06. The molecule has 3 N–H and O–H groups in total. The van der Waals surface area contributed by atoms with Crippen LogP contribution in [0.1, 0.15) is 55.2 Å². The monoisotopic (exact) mass is 733 g/mol. The summed E-state index contributed by atoms with van der Waals surface area (Å²) in [5, 5.41) is 22.8. The molecule has 0 unspecified atom stereocenters. The second-order valence-corrected chi connectivity index (χ2v) is 14.0. The lowest BCUT2D eigenvalue weighted by molar-refractivity contribution is -0.141. The van der Waals surface area contributed by atoms with E-state index < -0.39 is 24.5 Å². The number of carboxylic acids is 1. The van der Waals surface area contributed by atoms with Crippen molar-refractivity contribution in [2.75, 3.05) is 19.7 Å². The minimum absolute atomic E-state index is 0.0396. The van der Waals surface area contributed by atoms with Crippen LogP contribution in [0.3, 0.4) is 0 Å². The maximum atomic E-state index is 14.6. The molecule has 1 saturated carbocycles. The number of nitrogens with zero attached hydrogens (tertiary/aromatic N) is 2. The average molecular weight is 735 g/mol. The van der Waals surface area contributed by atoms with Gasteiger partial charge in [-0.1, -0.05) is 54.6 Å². The smallest absolute Gasteiger partial charge is 0.305 e. The first-order chi connectivity index (χ1) is 23.6. The van der Waals surface area contributed by atoms with Crippen LogP contribution < -0.4 is 10.1 Å². The van der Waals surface area contributed by atoms with Gasteiger partial charge in [-0.15, -0.1) is 0 Å². The Morgan fingerprint density at radius 3 is 2.47 bits per heavy atom. The van der Waals surface area contributed by atoms with Gasteiger partial charge in [0, 0.05) is 43.4 Å². The third kappa shape index (κ3) is 8.95. The summed E-state index contributed by atoms with van der Waals surface area (Å²) in [4.78, 5) is 42.5. The highest BCUT2D eigenvalue weighted by Crippen LogP contribution is 2.37. The predicted octanol–water partition coefficient (Wildman–Crippen LogP) is 5.34. The van der Waals surface area contributed by atoms with Gasteiger partial charge in [-0.3, -0.25) is 14.4 Å². The topological polar surface area (TPSA) is 119 Å². The molecule has 6 rings (SSSR count). The van der Waals surface area contributed by atoms with Gasteiger partial charge in [0.15, 0.2) is 0 Å². The highest BCUT2D eigenvalue weighted by Gasteiger charge is 2.43. The Morgan fingerprint density at radius 1 is 1.00 bits per heavy atom. The number of benzene rings is 3. The molecule has 2 amide bonds. The molecule has 1 saturated heterocycles. The number of hydrogen-bond donors (Lipinski definition) is 3. The van der Waals surface area contributed by atoms with Crippen molar-refractivity contribution < 1.29 is 33.7 Å². The highest BCUT2D eigenvalue weighted by molar-refractivity contribution is 9.10. The molecule has 49 heavy (non-hydrogen) atoms. The first-order valence-electron chi connectivity index (χ1n) is 16.8. The molecule has 3 atom stereocenters. The van der Waals surface area contributed by atoms with Gasteiger partial charge in [-0.05, 0) is 82.4 Å². The molecule has 2 heterocycles. The van der Waals surface area contributed by atoms with E-state index >= 15 is 0 Å². The third-order valence-electron chi connectivity index (χ3n) is 9.32. The minimum atomic E-state index is -1.27. The number of nitrogens with one attached hydrogen (secondary N) is 1. The minimum Gasteiger partial charge on any atom is -0.492 e. The number of carbonyl (C=O) groups is 3. The van der Waals surface area contributed by atoms with Crippen molar-refractivity contribution in [3.05, 3.63) is 105 Å². The summed E-state index contributed by atoms with van der Waals surface area (Å²) in [7, 11) is 0. The molecule has 0 radical (unpaired) electrons. The molecular formula is C38H41BrFN3O6. The first kappa shape index (κ1) is 34.8. The molecular weight excluding hydrogens is 693 g/mol. The van der Waals surface area contributed by atoms with Crippen LogP contribution in [0.2, 0.25) is 0 Å². The number of carboxylic acid groups (broad SMARTS) is 1. The fourth-order valence-corrected chi connectivity index (χ4v) is 7.14. The summed E-state index contributed by atoms with van der Waals surface area (Å²) in [6.45, 7) is 1.58. The normalized spacial score (nSPS) is 19.4. The number of piperazine rings is 1. The molecule has 3 aromatic rings. The molecule has 2 fully saturated rings. The number of halogens is 2. The zero-order valence-corrected chi connectivity index (χ0v) is 28.8. The van der Waals surface area contributed by atoms with E-state index in [2.05, 4.69) is 45.5 Å². The molecule has 0 spiro atoms. The molecule has 11 heteroatoms. The lowest BCUT2D eigenvalue weighted by atomic mass is 9.82. The number of fused-ring (bicyclic) bond motifs is 2. The van der Waals surface area contributed by atoms with Crippen molar-refractivity contribution in [2.45, 2.75) is 75.7 Å².